The van der Waals surface area contributed by atoms with Crippen LogP contribution in [0.1, 0.15) is 39.2 Å². The van der Waals surface area contributed by atoms with E-state index in [9.17, 15) is 4.79 Å². The Kier molecular flexibility index (Phi) is 7.01. The van der Waals surface area contributed by atoms with Crippen LogP contribution in [0.25, 0.3) is 0 Å². The van der Waals surface area contributed by atoms with E-state index < -0.39 is 0 Å². The first-order chi connectivity index (χ1) is 9.21. The Morgan fingerprint density at radius 3 is 2.11 bits per heavy atom. The van der Waals surface area contributed by atoms with E-state index >= 15 is 0 Å². The molecule has 0 spiro atoms. The number of hydrogen-bond acceptors (Lipinski definition) is 2. The average molecular weight is 263 g/mol. The van der Waals surface area contributed by atoms with Gasteiger partial charge in [0.2, 0.25) is 5.91 Å². The van der Waals surface area contributed by atoms with Crippen molar-refractivity contribution in [3.63, 3.8) is 0 Å². The second-order valence-electron chi connectivity index (χ2n) is 4.63. The van der Waals surface area contributed by atoms with Gasteiger partial charge in [-0.05, 0) is 37.5 Å². The van der Waals surface area contributed by atoms with E-state index in [2.05, 4.69) is 13.8 Å². The van der Waals surface area contributed by atoms with Crippen LogP contribution in [0.4, 0.5) is 0 Å². The zero-order valence-electron chi connectivity index (χ0n) is 12.3. The minimum Gasteiger partial charge on any atom is -0.494 e. The zero-order chi connectivity index (χ0) is 14.1. The molecule has 0 saturated heterocycles. The largest absolute Gasteiger partial charge is 0.494 e. The van der Waals surface area contributed by atoms with Gasteiger partial charge in [-0.25, -0.2) is 0 Å². The maximum absolute atomic E-state index is 12.2. The molecule has 0 N–H and O–H groups in total. The van der Waals surface area contributed by atoms with Gasteiger partial charge in [0, 0.05) is 13.1 Å². The molecule has 106 valence electrons. The third-order valence-electron chi connectivity index (χ3n) is 2.93. The summed E-state index contributed by atoms with van der Waals surface area (Å²) in [6, 6.07) is 7.80. The topological polar surface area (TPSA) is 29.5 Å². The minimum absolute atomic E-state index is 0.216. The van der Waals surface area contributed by atoms with Gasteiger partial charge < -0.3 is 9.64 Å². The van der Waals surface area contributed by atoms with Crippen molar-refractivity contribution in [2.24, 2.45) is 0 Å². The predicted octanol–water partition coefficient (Wildman–Crippen LogP) is 3.28. The van der Waals surface area contributed by atoms with Crippen LogP contribution in [-0.4, -0.2) is 30.5 Å². The number of hydrogen-bond donors (Lipinski definition) is 0. The first-order valence-electron chi connectivity index (χ1n) is 7.20. The quantitative estimate of drug-likeness (QED) is 0.720. The van der Waals surface area contributed by atoms with Gasteiger partial charge in [0.15, 0.2) is 0 Å². The standard InChI is InChI=1S/C16H25NO2/c1-4-11-17(12-5-2)16(18)13-14-7-9-15(10-8-14)19-6-3/h7-10H,4-6,11-13H2,1-3H3. The van der Waals surface area contributed by atoms with E-state index in [0.29, 0.717) is 13.0 Å². The molecule has 0 fully saturated rings. The highest BCUT2D eigenvalue weighted by molar-refractivity contribution is 5.78. The van der Waals surface area contributed by atoms with Gasteiger partial charge in [0.25, 0.3) is 0 Å². The maximum atomic E-state index is 12.2. The van der Waals surface area contributed by atoms with E-state index in [0.717, 1.165) is 37.2 Å². The molecule has 3 heteroatoms. The summed E-state index contributed by atoms with van der Waals surface area (Å²) < 4.78 is 5.40. The minimum atomic E-state index is 0.216. The fraction of sp³-hybridized carbons (Fsp3) is 0.562. The van der Waals surface area contributed by atoms with Crippen LogP contribution in [-0.2, 0) is 11.2 Å². The van der Waals surface area contributed by atoms with Gasteiger partial charge in [0.1, 0.15) is 5.75 Å². The molecule has 1 aromatic rings. The summed E-state index contributed by atoms with van der Waals surface area (Å²) in [6.45, 7) is 8.54. The molecule has 0 atom stereocenters. The Balaban J connectivity index is 2.58. The molecule has 0 aromatic heterocycles. The summed E-state index contributed by atoms with van der Waals surface area (Å²) in [6.07, 6.45) is 2.50. The summed E-state index contributed by atoms with van der Waals surface area (Å²) in [4.78, 5) is 14.2. The van der Waals surface area contributed by atoms with Crippen LogP contribution >= 0.6 is 0 Å². The first kappa shape index (κ1) is 15.5. The number of benzene rings is 1. The van der Waals surface area contributed by atoms with Gasteiger partial charge >= 0.3 is 0 Å². The molecule has 3 nitrogen and oxygen atoms in total. The van der Waals surface area contributed by atoms with Crippen LogP contribution in [0.15, 0.2) is 24.3 Å². The van der Waals surface area contributed by atoms with Crippen molar-refractivity contribution in [2.45, 2.75) is 40.0 Å². The van der Waals surface area contributed by atoms with Crippen LogP contribution in [0.5, 0.6) is 5.75 Å². The Bertz CT molecular complexity index is 367. The molecule has 0 heterocycles. The predicted molar refractivity (Wildman–Crippen MR) is 78.5 cm³/mol. The number of carbonyl (C=O) groups is 1. The van der Waals surface area contributed by atoms with E-state index in [1.54, 1.807) is 0 Å². The second kappa shape index (κ2) is 8.57. The monoisotopic (exact) mass is 263 g/mol. The lowest BCUT2D eigenvalue weighted by Gasteiger charge is -2.21. The fourth-order valence-corrected chi connectivity index (χ4v) is 2.06. The molecule has 0 aliphatic heterocycles. The lowest BCUT2D eigenvalue weighted by atomic mass is 10.1. The van der Waals surface area contributed by atoms with Crippen molar-refractivity contribution in [3.05, 3.63) is 29.8 Å². The van der Waals surface area contributed by atoms with Crippen molar-refractivity contribution in [3.8, 4) is 5.75 Å². The summed E-state index contributed by atoms with van der Waals surface area (Å²) in [5, 5.41) is 0. The van der Waals surface area contributed by atoms with Crippen molar-refractivity contribution >= 4 is 5.91 Å². The molecule has 1 aromatic carbocycles. The second-order valence-corrected chi connectivity index (χ2v) is 4.63. The van der Waals surface area contributed by atoms with E-state index in [1.165, 1.54) is 0 Å². The molecule has 0 unspecified atom stereocenters. The summed E-state index contributed by atoms with van der Waals surface area (Å²) >= 11 is 0. The molecule has 0 aliphatic rings. The molecule has 1 amide bonds. The Labute approximate surface area is 116 Å². The van der Waals surface area contributed by atoms with Crippen molar-refractivity contribution < 1.29 is 9.53 Å². The Hall–Kier alpha value is -1.51. The van der Waals surface area contributed by atoms with Crippen molar-refractivity contribution in [1.82, 2.24) is 4.90 Å². The number of nitrogens with zero attached hydrogens (tertiary/aromatic N) is 1. The lowest BCUT2D eigenvalue weighted by molar-refractivity contribution is -0.130. The molecule has 0 aliphatic carbocycles. The molecular weight excluding hydrogens is 238 g/mol. The number of amides is 1. The van der Waals surface area contributed by atoms with E-state index in [1.807, 2.05) is 36.1 Å². The first-order valence-corrected chi connectivity index (χ1v) is 7.20. The highest BCUT2D eigenvalue weighted by Gasteiger charge is 2.12. The van der Waals surface area contributed by atoms with Crippen LogP contribution < -0.4 is 4.74 Å². The highest BCUT2D eigenvalue weighted by atomic mass is 16.5. The molecule has 0 saturated carbocycles. The normalized spacial score (nSPS) is 10.3. The van der Waals surface area contributed by atoms with Gasteiger partial charge in [-0.2, -0.15) is 0 Å². The van der Waals surface area contributed by atoms with Crippen LogP contribution in [0, 0.1) is 0 Å². The lowest BCUT2D eigenvalue weighted by Crippen LogP contribution is -2.33. The van der Waals surface area contributed by atoms with Gasteiger partial charge in [-0.15, -0.1) is 0 Å². The molecule has 0 radical (unpaired) electrons. The van der Waals surface area contributed by atoms with Gasteiger partial charge in [-0.3, -0.25) is 4.79 Å². The maximum Gasteiger partial charge on any atom is 0.226 e. The van der Waals surface area contributed by atoms with Gasteiger partial charge in [0.05, 0.1) is 13.0 Å². The average Bonchev–Trinajstić information content (AvgIpc) is 2.41. The smallest absolute Gasteiger partial charge is 0.226 e. The summed E-state index contributed by atoms with van der Waals surface area (Å²) in [5.41, 5.74) is 1.05. The molecule has 1 rings (SSSR count). The molecule has 0 bridgehead atoms. The van der Waals surface area contributed by atoms with Crippen molar-refractivity contribution in [1.29, 1.82) is 0 Å². The molecular formula is C16H25NO2. The summed E-state index contributed by atoms with van der Waals surface area (Å²) in [5.74, 6) is 1.07. The van der Waals surface area contributed by atoms with Crippen LogP contribution in [0.2, 0.25) is 0 Å². The van der Waals surface area contributed by atoms with E-state index in [4.69, 9.17) is 4.74 Å². The SMILES string of the molecule is CCCN(CCC)C(=O)Cc1ccc(OCC)cc1. The zero-order valence-corrected chi connectivity index (χ0v) is 12.3. The number of carbonyl (C=O) groups excluding carboxylic acids is 1. The Morgan fingerprint density at radius 2 is 1.63 bits per heavy atom. The Morgan fingerprint density at radius 1 is 1.05 bits per heavy atom. The number of rotatable bonds is 8. The van der Waals surface area contributed by atoms with Gasteiger partial charge in [-0.1, -0.05) is 26.0 Å². The number of ether oxygens (including phenoxy) is 1. The van der Waals surface area contributed by atoms with Crippen molar-refractivity contribution in [2.75, 3.05) is 19.7 Å². The fourth-order valence-electron chi connectivity index (χ4n) is 2.06. The van der Waals surface area contributed by atoms with E-state index in [-0.39, 0.29) is 5.91 Å². The highest BCUT2D eigenvalue weighted by Crippen LogP contribution is 2.13. The summed E-state index contributed by atoms with van der Waals surface area (Å²) in [7, 11) is 0. The third-order valence-corrected chi connectivity index (χ3v) is 2.93. The molecule has 19 heavy (non-hydrogen) atoms. The third kappa shape index (κ3) is 5.33. The van der Waals surface area contributed by atoms with Crippen LogP contribution in [0.3, 0.4) is 0 Å².